The molecular formula is C14H18FNO2. The number of halogens is 1. The number of nitrogens with zero attached hydrogens (tertiary/aromatic N) is 1. The predicted octanol–water partition coefficient (Wildman–Crippen LogP) is 2.20. The van der Waals surface area contributed by atoms with E-state index < -0.39 is 11.9 Å². The number of carbonyl (C=O) groups excluding carboxylic acids is 1. The van der Waals surface area contributed by atoms with Gasteiger partial charge in [-0.15, -0.1) is 0 Å². The molecule has 1 saturated heterocycles. The number of amides is 1. The molecule has 1 fully saturated rings. The molecule has 1 amide bonds. The molecule has 1 aliphatic rings. The zero-order valence-corrected chi connectivity index (χ0v) is 10.7. The summed E-state index contributed by atoms with van der Waals surface area (Å²) in [7, 11) is 0. The van der Waals surface area contributed by atoms with Gasteiger partial charge in [0.2, 0.25) is 0 Å². The molecule has 0 bridgehead atoms. The highest BCUT2D eigenvalue weighted by Crippen LogP contribution is 2.29. The van der Waals surface area contributed by atoms with Crippen LogP contribution in [0, 0.1) is 5.82 Å². The fourth-order valence-electron chi connectivity index (χ4n) is 2.34. The molecule has 4 heteroatoms. The monoisotopic (exact) mass is 251 g/mol. The van der Waals surface area contributed by atoms with E-state index in [2.05, 4.69) is 0 Å². The number of likely N-dealkylation sites (tertiary alicyclic amines) is 1. The van der Waals surface area contributed by atoms with Gasteiger partial charge in [0, 0.05) is 12.1 Å². The maximum Gasteiger partial charge on any atom is 0.257 e. The first-order chi connectivity index (χ1) is 8.42. The van der Waals surface area contributed by atoms with Gasteiger partial charge in [-0.2, -0.15) is 0 Å². The first kappa shape index (κ1) is 13.0. The van der Waals surface area contributed by atoms with Crippen molar-refractivity contribution in [2.45, 2.75) is 38.3 Å². The fourth-order valence-corrected chi connectivity index (χ4v) is 2.34. The molecular weight excluding hydrogens is 233 g/mol. The molecule has 18 heavy (non-hydrogen) atoms. The van der Waals surface area contributed by atoms with E-state index in [0.29, 0.717) is 12.8 Å². The van der Waals surface area contributed by atoms with E-state index in [1.807, 2.05) is 13.8 Å². The van der Waals surface area contributed by atoms with Crippen molar-refractivity contribution in [1.82, 2.24) is 4.90 Å². The van der Waals surface area contributed by atoms with Crippen molar-refractivity contribution in [3.05, 3.63) is 35.6 Å². The number of piperidine rings is 1. The van der Waals surface area contributed by atoms with Crippen molar-refractivity contribution in [3.8, 4) is 0 Å². The molecule has 2 rings (SSSR count). The van der Waals surface area contributed by atoms with Crippen LogP contribution in [-0.4, -0.2) is 34.1 Å². The summed E-state index contributed by atoms with van der Waals surface area (Å²) in [6.45, 7) is 4.15. The van der Waals surface area contributed by atoms with Crippen LogP contribution in [0.3, 0.4) is 0 Å². The van der Waals surface area contributed by atoms with Crippen LogP contribution in [0.1, 0.15) is 37.0 Å². The van der Waals surface area contributed by atoms with E-state index in [1.165, 1.54) is 12.1 Å². The van der Waals surface area contributed by atoms with Gasteiger partial charge in [0.1, 0.15) is 5.82 Å². The number of aliphatic hydroxyl groups is 1. The molecule has 1 aromatic carbocycles. The maximum absolute atomic E-state index is 13.6. The Balaban J connectivity index is 2.30. The lowest BCUT2D eigenvalue weighted by molar-refractivity contribution is 0.00125. The van der Waals surface area contributed by atoms with E-state index in [1.54, 1.807) is 17.0 Å². The van der Waals surface area contributed by atoms with Gasteiger partial charge in [-0.25, -0.2) is 4.39 Å². The summed E-state index contributed by atoms with van der Waals surface area (Å²) in [6, 6.07) is 5.96. The van der Waals surface area contributed by atoms with Crippen LogP contribution in [0.15, 0.2) is 24.3 Å². The zero-order valence-electron chi connectivity index (χ0n) is 10.7. The Bertz CT molecular complexity index is 459. The second-order valence-corrected chi connectivity index (χ2v) is 5.40. The Hall–Kier alpha value is -1.42. The largest absolute Gasteiger partial charge is 0.391 e. The van der Waals surface area contributed by atoms with Crippen molar-refractivity contribution in [3.63, 3.8) is 0 Å². The molecule has 3 nitrogen and oxygen atoms in total. The first-order valence-electron chi connectivity index (χ1n) is 6.16. The highest BCUT2D eigenvalue weighted by molar-refractivity contribution is 5.95. The minimum Gasteiger partial charge on any atom is -0.391 e. The van der Waals surface area contributed by atoms with Gasteiger partial charge in [0.25, 0.3) is 5.91 Å². The molecule has 1 N–H and O–H groups in total. The number of aliphatic hydroxyl groups excluding tert-OH is 1. The number of β-amino-alcohol motifs (C(OH)–C–C–N with tert-alkyl or cyclic N) is 1. The summed E-state index contributed by atoms with van der Waals surface area (Å²) in [5.41, 5.74) is -0.279. The van der Waals surface area contributed by atoms with Crippen LogP contribution in [0.5, 0.6) is 0 Å². The maximum atomic E-state index is 13.6. The zero-order chi connectivity index (χ0) is 13.3. The van der Waals surface area contributed by atoms with Crippen LogP contribution in [0.2, 0.25) is 0 Å². The fraction of sp³-hybridized carbons (Fsp3) is 0.500. The molecule has 0 aromatic heterocycles. The lowest BCUT2D eigenvalue weighted by atomic mass is 9.88. The summed E-state index contributed by atoms with van der Waals surface area (Å²) in [5, 5.41) is 9.69. The Morgan fingerprint density at radius 3 is 2.78 bits per heavy atom. The predicted molar refractivity (Wildman–Crippen MR) is 66.8 cm³/mol. The molecule has 0 spiro atoms. The summed E-state index contributed by atoms with van der Waals surface area (Å²) in [5.74, 6) is -0.866. The van der Waals surface area contributed by atoms with Gasteiger partial charge >= 0.3 is 0 Å². The molecule has 0 aliphatic carbocycles. The Morgan fingerprint density at radius 2 is 2.11 bits per heavy atom. The average molecular weight is 251 g/mol. The third-order valence-electron chi connectivity index (χ3n) is 3.56. The SMILES string of the molecule is CC1(C)CCC(O)CN1C(=O)c1ccccc1F. The van der Waals surface area contributed by atoms with E-state index in [9.17, 15) is 14.3 Å². The molecule has 0 radical (unpaired) electrons. The second kappa shape index (κ2) is 4.69. The molecule has 1 unspecified atom stereocenters. The van der Waals surface area contributed by atoms with Crippen molar-refractivity contribution in [2.75, 3.05) is 6.54 Å². The van der Waals surface area contributed by atoms with Gasteiger partial charge in [0.15, 0.2) is 0 Å². The number of benzene rings is 1. The quantitative estimate of drug-likeness (QED) is 0.831. The van der Waals surface area contributed by atoms with Gasteiger partial charge < -0.3 is 10.0 Å². The smallest absolute Gasteiger partial charge is 0.257 e. The second-order valence-electron chi connectivity index (χ2n) is 5.40. The van der Waals surface area contributed by atoms with Crippen molar-refractivity contribution >= 4 is 5.91 Å². The highest BCUT2D eigenvalue weighted by atomic mass is 19.1. The van der Waals surface area contributed by atoms with Gasteiger partial charge in [-0.1, -0.05) is 12.1 Å². The van der Waals surface area contributed by atoms with E-state index >= 15 is 0 Å². The van der Waals surface area contributed by atoms with Crippen molar-refractivity contribution < 1.29 is 14.3 Å². The van der Waals surface area contributed by atoms with E-state index in [-0.39, 0.29) is 23.6 Å². The first-order valence-corrected chi connectivity index (χ1v) is 6.16. The van der Waals surface area contributed by atoms with Crippen molar-refractivity contribution in [1.29, 1.82) is 0 Å². The third kappa shape index (κ3) is 2.38. The molecule has 1 aromatic rings. The number of hydrogen-bond acceptors (Lipinski definition) is 2. The van der Waals surface area contributed by atoms with E-state index in [4.69, 9.17) is 0 Å². The molecule has 98 valence electrons. The lowest BCUT2D eigenvalue weighted by Gasteiger charge is -2.44. The van der Waals surface area contributed by atoms with Crippen LogP contribution in [0.25, 0.3) is 0 Å². The van der Waals surface area contributed by atoms with Crippen LogP contribution in [0.4, 0.5) is 4.39 Å². The molecule has 1 heterocycles. The lowest BCUT2D eigenvalue weighted by Crippen LogP contribution is -2.54. The summed E-state index contributed by atoms with van der Waals surface area (Å²) in [6.07, 6.45) is 0.872. The topological polar surface area (TPSA) is 40.5 Å². The third-order valence-corrected chi connectivity index (χ3v) is 3.56. The molecule has 1 aliphatic heterocycles. The van der Waals surface area contributed by atoms with Gasteiger partial charge in [-0.3, -0.25) is 4.79 Å². The van der Waals surface area contributed by atoms with E-state index in [0.717, 1.165) is 0 Å². The summed E-state index contributed by atoms with van der Waals surface area (Å²) >= 11 is 0. The van der Waals surface area contributed by atoms with Crippen LogP contribution < -0.4 is 0 Å². The minimum atomic E-state index is -0.520. The summed E-state index contributed by atoms with van der Waals surface area (Å²) < 4.78 is 13.6. The highest BCUT2D eigenvalue weighted by Gasteiger charge is 2.37. The summed E-state index contributed by atoms with van der Waals surface area (Å²) in [4.78, 5) is 13.9. The van der Waals surface area contributed by atoms with Crippen molar-refractivity contribution in [2.24, 2.45) is 0 Å². The van der Waals surface area contributed by atoms with Crippen LogP contribution in [-0.2, 0) is 0 Å². The molecule has 0 saturated carbocycles. The Kier molecular flexibility index (Phi) is 3.39. The normalized spacial score (nSPS) is 22.9. The van der Waals surface area contributed by atoms with Crippen LogP contribution >= 0.6 is 0 Å². The minimum absolute atomic E-state index is 0.0691. The Morgan fingerprint density at radius 1 is 1.44 bits per heavy atom. The van der Waals surface area contributed by atoms with Gasteiger partial charge in [0.05, 0.1) is 11.7 Å². The number of carbonyl (C=O) groups is 1. The number of hydrogen-bond donors (Lipinski definition) is 1. The number of rotatable bonds is 1. The standard InChI is InChI=1S/C14H18FNO2/c1-14(2)8-7-10(17)9-16(14)13(18)11-5-3-4-6-12(11)15/h3-6,10,17H,7-9H2,1-2H3. The Labute approximate surface area is 106 Å². The van der Waals surface area contributed by atoms with Gasteiger partial charge in [-0.05, 0) is 38.8 Å². The molecule has 1 atom stereocenters. The average Bonchev–Trinajstić information content (AvgIpc) is 2.32.